The van der Waals surface area contributed by atoms with Crippen LogP contribution in [-0.2, 0) is 11.3 Å². The van der Waals surface area contributed by atoms with E-state index in [1.807, 2.05) is 25.1 Å². The van der Waals surface area contributed by atoms with Crippen LogP contribution < -0.4 is 10.1 Å². The van der Waals surface area contributed by atoms with Crippen LogP contribution in [0, 0.1) is 5.41 Å². The Morgan fingerprint density at radius 2 is 2.00 bits per heavy atom. The summed E-state index contributed by atoms with van der Waals surface area (Å²) in [6.45, 7) is 9.51. The number of hydrogen-bond donors (Lipinski definition) is 2. The van der Waals surface area contributed by atoms with Crippen molar-refractivity contribution in [2.24, 2.45) is 5.41 Å². The molecule has 0 aliphatic carbocycles. The number of amides is 1. The molecule has 1 amide bonds. The fourth-order valence-corrected chi connectivity index (χ4v) is 5.00. The van der Waals surface area contributed by atoms with Gasteiger partial charge in [-0.15, -0.1) is 11.3 Å². The van der Waals surface area contributed by atoms with Crippen molar-refractivity contribution in [2.75, 3.05) is 13.7 Å². The number of methoxy groups -OCH3 is 1. The van der Waals surface area contributed by atoms with E-state index >= 15 is 0 Å². The fraction of sp³-hybridized carbons (Fsp3) is 0.542. The van der Waals surface area contributed by atoms with Gasteiger partial charge in [-0.2, -0.15) is 0 Å². The predicted molar refractivity (Wildman–Crippen MR) is 122 cm³/mol. The van der Waals surface area contributed by atoms with Crippen molar-refractivity contribution in [3.8, 4) is 5.75 Å². The molecule has 6 heteroatoms. The Labute approximate surface area is 184 Å². The van der Waals surface area contributed by atoms with Crippen molar-refractivity contribution < 1.29 is 14.6 Å². The zero-order valence-corrected chi connectivity index (χ0v) is 19.5. The molecule has 2 N–H and O–H groups in total. The third kappa shape index (κ3) is 5.62. The third-order valence-electron chi connectivity index (χ3n) is 5.67. The molecule has 0 spiro atoms. The number of thiophene rings is 1. The fourth-order valence-electron chi connectivity index (χ4n) is 4.10. The van der Waals surface area contributed by atoms with E-state index in [1.165, 1.54) is 5.56 Å². The molecule has 0 radical (unpaired) electrons. The summed E-state index contributed by atoms with van der Waals surface area (Å²) in [6, 6.07) is 11.8. The first kappa shape index (κ1) is 22.8. The Bertz CT molecular complexity index is 825. The second kappa shape index (κ2) is 9.08. The number of nitrogens with one attached hydrogen (secondary N) is 1. The lowest BCUT2D eigenvalue weighted by Crippen LogP contribution is -2.62. The molecule has 0 saturated carbocycles. The van der Waals surface area contributed by atoms with Gasteiger partial charge in [0.2, 0.25) is 5.91 Å². The van der Waals surface area contributed by atoms with Gasteiger partial charge in [-0.3, -0.25) is 9.69 Å². The number of ether oxygens (including phenoxy) is 1. The smallest absolute Gasteiger partial charge is 0.220 e. The molecule has 1 aromatic heterocycles. The lowest BCUT2D eigenvalue weighted by Gasteiger charge is -2.49. The molecule has 1 aliphatic heterocycles. The zero-order chi connectivity index (χ0) is 21.9. The van der Waals surface area contributed by atoms with E-state index in [-0.39, 0.29) is 23.4 Å². The molecule has 0 unspecified atom stereocenters. The molecule has 164 valence electrons. The number of benzene rings is 1. The number of likely N-dealkylation sites (tertiary alicyclic amines) is 1. The van der Waals surface area contributed by atoms with Crippen LogP contribution in [0.5, 0.6) is 5.75 Å². The second-order valence-electron chi connectivity index (χ2n) is 9.67. The zero-order valence-electron chi connectivity index (χ0n) is 18.6. The van der Waals surface area contributed by atoms with Gasteiger partial charge < -0.3 is 15.2 Å². The van der Waals surface area contributed by atoms with Crippen molar-refractivity contribution in [1.29, 1.82) is 0 Å². The molecular formula is C24H34N2O3S. The Morgan fingerprint density at radius 3 is 2.57 bits per heavy atom. The first-order chi connectivity index (χ1) is 14.1. The maximum Gasteiger partial charge on any atom is 0.220 e. The molecule has 1 fully saturated rings. The lowest BCUT2D eigenvalue weighted by molar-refractivity contribution is -0.130. The Balaban J connectivity index is 1.88. The maximum atomic E-state index is 12.8. The first-order valence-electron chi connectivity index (χ1n) is 10.5. The number of rotatable bonds is 6. The van der Waals surface area contributed by atoms with Gasteiger partial charge in [0.15, 0.2) is 0 Å². The van der Waals surface area contributed by atoms with Crippen LogP contribution in [0.1, 0.15) is 57.0 Å². The van der Waals surface area contributed by atoms with Gasteiger partial charge in [0.05, 0.1) is 24.8 Å². The van der Waals surface area contributed by atoms with E-state index in [4.69, 9.17) is 4.74 Å². The van der Waals surface area contributed by atoms with Gasteiger partial charge in [-0.1, -0.05) is 39.0 Å². The summed E-state index contributed by atoms with van der Waals surface area (Å²) in [5.74, 6) is 0.822. The average molecular weight is 431 g/mol. The number of aliphatic hydroxyl groups is 1. The van der Waals surface area contributed by atoms with Crippen LogP contribution in [0.4, 0.5) is 0 Å². The summed E-state index contributed by atoms with van der Waals surface area (Å²) in [5.41, 5.74) is 0.100. The van der Waals surface area contributed by atoms with E-state index in [2.05, 4.69) is 54.6 Å². The van der Waals surface area contributed by atoms with Crippen molar-refractivity contribution in [1.82, 2.24) is 10.2 Å². The summed E-state index contributed by atoms with van der Waals surface area (Å²) in [5, 5.41) is 16.5. The first-order valence-corrected chi connectivity index (χ1v) is 11.4. The van der Waals surface area contributed by atoms with Crippen LogP contribution in [0.15, 0.2) is 41.8 Å². The molecular weight excluding hydrogens is 396 g/mol. The summed E-state index contributed by atoms with van der Waals surface area (Å²) in [4.78, 5) is 16.3. The molecule has 1 aromatic carbocycles. The quantitative estimate of drug-likeness (QED) is 0.714. The lowest BCUT2D eigenvalue weighted by atomic mass is 9.81. The Morgan fingerprint density at radius 1 is 1.30 bits per heavy atom. The van der Waals surface area contributed by atoms with Gasteiger partial charge in [0.1, 0.15) is 5.75 Å². The van der Waals surface area contributed by atoms with Gasteiger partial charge in [-0.05, 0) is 47.9 Å². The van der Waals surface area contributed by atoms with Crippen LogP contribution in [0.2, 0.25) is 0 Å². The normalized spacial score (nSPS) is 25.1. The van der Waals surface area contributed by atoms with Crippen LogP contribution in [-0.4, -0.2) is 41.2 Å². The van der Waals surface area contributed by atoms with E-state index in [1.54, 1.807) is 18.4 Å². The van der Waals surface area contributed by atoms with E-state index in [9.17, 15) is 9.90 Å². The van der Waals surface area contributed by atoms with Gasteiger partial charge >= 0.3 is 0 Å². The topological polar surface area (TPSA) is 61.8 Å². The van der Waals surface area contributed by atoms with Gasteiger partial charge in [0, 0.05) is 24.4 Å². The number of piperidine rings is 1. The minimum atomic E-state index is -0.974. The standard InChI is InChI=1S/C24H34N2O3S/c1-23(2,3)15-20(27)25-22-21(19-7-6-14-30-19)26(13-12-24(22,4)28)16-17-8-10-18(29-5)11-9-17/h6-11,14,21-22,28H,12-13,15-16H2,1-5H3,(H,25,27)/t21-,22-,24+/m0/s1. The highest BCUT2D eigenvalue weighted by Gasteiger charge is 2.46. The Kier molecular flexibility index (Phi) is 6.90. The summed E-state index contributed by atoms with van der Waals surface area (Å²) in [6.07, 6.45) is 1.03. The maximum absolute atomic E-state index is 12.8. The molecule has 1 saturated heterocycles. The molecule has 5 nitrogen and oxygen atoms in total. The van der Waals surface area contributed by atoms with E-state index in [0.717, 1.165) is 23.7 Å². The summed E-state index contributed by atoms with van der Waals surface area (Å²) in [7, 11) is 1.67. The van der Waals surface area contributed by atoms with Crippen molar-refractivity contribution in [2.45, 2.75) is 64.8 Å². The van der Waals surface area contributed by atoms with Crippen LogP contribution in [0.25, 0.3) is 0 Å². The number of hydrogen-bond acceptors (Lipinski definition) is 5. The van der Waals surface area contributed by atoms with Crippen molar-refractivity contribution >= 4 is 17.2 Å². The molecule has 1 aliphatic rings. The van der Waals surface area contributed by atoms with Crippen molar-refractivity contribution in [3.63, 3.8) is 0 Å². The predicted octanol–water partition coefficient (Wildman–Crippen LogP) is 4.38. The third-order valence-corrected chi connectivity index (χ3v) is 6.61. The molecule has 3 atom stereocenters. The van der Waals surface area contributed by atoms with E-state index < -0.39 is 5.60 Å². The average Bonchev–Trinajstić information content (AvgIpc) is 3.18. The highest BCUT2D eigenvalue weighted by molar-refractivity contribution is 7.10. The molecule has 30 heavy (non-hydrogen) atoms. The molecule has 0 bridgehead atoms. The van der Waals surface area contributed by atoms with Gasteiger partial charge in [0.25, 0.3) is 0 Å². The molecule has 3 rings (SSSR count). The monoisotopic (exact) mass is 430 g/mol. The van der Waals surface area contributed by atoms with Gasteiger partial charge in [-0.25, -0.2) is 0 Å². The second-order valence-corrected chi connectivity index (χ2v) is 10.6. The minimum absolute atomic E-state index is 0.0133. The highest BCUT2D eigenvalue weighted by atomic mass is 32.1. The van der Waals surface area contributed by atoms with Crippen molar-refractivity contribution in [3.05, 3.63) is 52.2 Å². The largest absolute Gasteiger partial charge is 0.497 e. The summed E-state index contributed by atoms with van der Waals surface area (Å²) < 4.78 is 5.27. The molecule has 2 aromatic rings. The molecule has 2 heterocycles. The highest BCUT2D eigenvalue weighted by Crippen LogP contribution is 2.40. The van der Waals surface area contributed by atoms with Crippen LogP contribution in [0.3, 0.4) is 0 Å². The number of carbonyl (C=O) groups is 1. The van der Waals surface area contributed by atoms with Crippen LogP contribution >= 0.6 is 11.3 Å². The SMILES string of the molecule is COc1ccc(CN2CC[C@@](C)(O)[C@@H](NC(=O)CC(C)(C)C)[C@@H]2c2cccs2)cc1. The summed E-state index contributed by atoms with van der Waals surface area (Å²) >= 11 is 1.67. The van der Waals surface area contributed by atoms with E-state index in [0.29, 0.717) is 12.8 Å². The number of nitrogens with zero attached hydrogens (tertiary/aromatic N) is 1. The Hall–Kier alpha value is -1.89. The minimum Gasteiger partial charge on any atom is -0.497 e. The number of carbonyl (C=O) groups excluding carboxylic acids is 1.